The molecule has 16 heavy (non-hydrogen) atoms. The first-order valence-electron chi connectivity index (χ1n) is 5.71. The third kappa shape index (κ3) is 2.81. The van der Waals surface area contributed by atoms with Gasteiger partial charge < -0.3 is 19.1 Å². The molecule has 1 aromatic rings. The Morgan fingerprint density at radius 2 is 2.31 bits per heavy atom. The normalized spacial score (nSPS) is 19.1. The fraction of sp³-hybridized carbons (Fsp3) is 0.727. The highest BCUT2D eigenvalue weighted by molar-refractivity contribution is 4.94. The molecule has 0 bridgehead atoms. The summed E-state index contributed by atoms with van der Waals surface area (Å²) in [5, 5.41) is 9.89. The number of aromatic nitrogens is 2. The van der Waals surface area contributed by atoms with Crippen molar-refractivity contribution < 1.29 is 14.6 Å². The van der Waals surface area contributed by atoms with Crippen LogP contribution in [-0.4, -0.2) is 40.3 Å². The summed E-state index contributed by atoms with van der Waals surface area (Å²) in [7, 11) is 0. The number of imidazole rings is 1. The number of ether oxygens (including phenoxy) is 2. The van der Waals surface area contributed by atoms with Crippen molar-refractivity contribution in [3.05, 3.63) is 18.2 Å². The minimum absolute atomic E-state index is 0.250. The van der Waals surface area contributed by atoms with Crippen LogP contribution in [0.3, 0.4) is 0 Å². The zero-order valence-corrected chi connectivity index (χ0v) is 9.50. The molecule has 1 unspecified atom stereocenters. The highest BCUT2D eigenvalue weighted by Crippen LogP contribution is 2.13. The number of rotatable bonds is 5. The number of hydrogen-bond acceptors (Lipinski definition) is 4. The van der Waals surface area contributed by atoms with Gasteiger partial charge in [0, 0.05) is 31.8 Å². The Bertz CT molecular complexity index is 321. The van der Waals surface area contributed by atoms with Crippen LogP contribution >= 0.6 is 0 Å². The second-order valence-corrected chi connectivity index (χ2v) is 3.89. The number of aliphatic hydroxyl groups is 1. The third-order valence-electron chi connectivity index (χ3n) is 2.72. The van der Waals surface area contributed by atoms with Gasteiger partial charge in [-0.3, -0.25) is 0 Å². The molecule has 0 amide bonds. The van der Waals surface area contributed by atoms with E-state index in [9.17, 15) is 5.11 Å². The number of hydrogen-bond donors (Lipinski definition) is 1. The average Bonchev–Trinajstić information content (AvgIpc) is 2.88. The molecule has 0 saturated carbocycles. The largest absolute Gasteiger partial charge is 0.392 e. The predicted molar refractivity (Wildman–Crippen MR) is 57.9 cm³/mol. The van der Waals surface area contributed by atoms with Gasteiger partial charge in [-0.2, -0.15) is 0 Å². The molecular weight excluding hydrogens is 208 g/mol. The monoisotopic (exact) mass is 226 g/mol. The molecule has 1 aliphatic heterocycles. The second kappa shape index (κ2) is 5.43. The summed E-state index contributed by atoms with van der Waals surface area (Å²) in [4.78, 5) is 4.22. The SMILES string of the molecule is CCn1ccnc1CC(O)CC1OCCO1. The van der Waals surface area contributed by atoms with Crippen molar-refractivity contribution in [1.29, 1.82) is 0 Å². The highest BCUT2D eigenvalue weighted by Gasteiger charge is 2.21. The lowest BCUT2D eigenvalue weighted by molar-refractivity contribution is -0.0701. The van der Waals surface area contributed by atoms with E-state index in [1.807, 2.05) is 10.8 Å². The van der Waals surface area contributed by atoms with E-state index in [-0.39, 0.29) is 6.29 Å². The lowest BCUT2D eigenvalue weighted by Crippen LogP contribution is -2.22. The van der Waals surface area contributed by atoms with Crippen molar-refractivity contribution in [1.82, 2.24) is 9.55 Å². The fourth-order valence-corrected chi connectivity index (χ4v) is 1.88. The minimum Gasteiger partial charge on any atom is -0.392 e. The van der Waals surface area contributed by atoms with Crippen molar-refractivity contribution in [2.45, 2.75) is 38.7 Å². The Balaban J connectivity index is 1.84. The van der Waals surface area contributed by atoms with Gasteiger partial charge in [-0.05, 0) is 6.92 Å². The van der Waals surface area contributed by atoms with Crippen molar-refractivity contribution in [2.75, 3.05) is 13.2 Å². The van der Waals surface area contributed by atoms with E-state index < -0.39 is 6.10 Å². The van der Waals surface area contributed by atoms with Gasteiger partial charge in [0.05, 0.1) is 19.3 Å². The van der Waals surface area contributed by atoms with E-state index in [2.05, 4.69) is 11.9 Å². The summed E-state index contributed by atoms with van der Waals surface area (Å²) in [6, 6.07) is 0. The zero-order valence-electron chi connectivity index (χ0n) is 9.50. The first-order valence-corrected chi connectivity index (χ1v) is 5.71. The molecule has 0 radical (unpaired) electrons. The van der Waals surface area contributed by atoms with Gasteiger partial charge >= 0.3 is 0 Å². The lowest BCUT2D eigenvalue weighted by atomic mass is 10.1. The molecular formula is C11H18N2O3. The van der Waals surface area contributed by atoms with Crippen LogP contribution in [0.25, 0.3) is 0 Å². The summed E-state index contributed by atoms with van der Waals surface area (Å²) < 4.78 is 12.6. The van der Waals surface area contributed by atoms with E-state index in [0.717, 1.165) is 12.4 Å². The Kier molecular flexibility index (Phi) is 3.93. The first kappa shape index (κ1) is 11.6. The maximum Gasteiger partial charge on any atom is 0.160 e. The Hall–Kier alpha value is -0.910. The number of nitrogens with zero attached hydrogens (tertiary/aromatic N) is 2. The lowest BCUT2D eigenvalue weighted by Gasteiger charge is -2.14. The average molecular weight is 226 g/mol. The Morgan fingerprint density at radius 3 is 3.00 bits per heavy atom. The van der Waals surface area contributed by atoms with Gasteiger partial charge in [0.25, 0.3) is 0 Å². The third-order valence-corrected chi connectivity index (χ3v) is 2.72. The van der Waals surface area contributed by atoms with Gasteiger partial charge in [-0.15, -0.1) is 0 Å². The molecule has 0 aromatic carbocycles. The van der Waals surface area contributed by atoms with Crippen LogP contribution in [0, 0.1) is 0 Å². The van der Waals surface area contributed by atoms with Gasteiger partial charge in [0.2, 0.25) is 0 Å². The molecule has 90 valence electrons. The van der Waals surface area contributed by atoms with E-state index in [4.69, 9.17) is 9.47 Å². The van der Waals surface area contributed by atoms with E-state index in [1.54, 1.807) is 6.20 Å². The molecule has 1 aliphatic rings. The summed E-state index contributed by atoms with van der Waals surface area (Å²) in [5.41, 5.74) is 0. The van der Waals surface area contributed by atoms with E-state index in [0.29, 0.717) is 26.1 Å². The molecule has 1 fully saturated rings. The van der Waals surface area contributed by atoms with Crippen LogP contribution in [0.5, 0.6) is 0 Å². The van der Waals surface area contributed by atoms with Crippen LogP contribution in [-0.2, 0) is 22.4 Å². The molecule has 1 aromatic heterocycles. The molecule has 1 N–H and O–H groups in total. The first-order chi connectivity index (χ1) is 7.79. The topological polar surface area (TPSA) is 56.5 Å². The highest BCUT2D eigenvalue weighted by atomic mass is 16.7. The molecule has 0 aliphatic carbocycles. The maximum atomic E-state index is 9.89. The van der Waals surface area contributed by atoms with E-state index >= 15 is 0 Å². The molecule has 5 heteroatoms. The minimum atomic E-state index is -0.462. The summed E-state index contributed by atoms with van der Waals surface area (Å²) in [6.07, 6.45) is 4.02. The fourth-order valence-electron chi connectivity index (χ4n) is 1.88. The molecule has 2 rings (SSSR count). The standard InChI is InChI=1S/C11H18N2O3/c1-2-13-4-3-12-10(13)7-9(14)8-11-15-5-6-16-11/h3-4,9,11,14H,2,5-8H2,1H3. The smallest absolute Gasteiger partial charge is 0.160 e. The summed E-state index contributed by atoms with van der Waals surface area (Å²) >= 11 is 0. The van der Waals surface area contributed by atoms with Crippen molar-refractivity contribution in [2.24, 2.45) is 0 Å². The zero-order chi connectivity index (χ0) is 11.4. The van der Waals surface area contributed by atoms with Gasteiger partial charge in [0.1, 0.15) is 5.82 Å². The maximum absolute atomic E-state index is 9.89. The number of aliphatic hydroxyl groups excluding tert-OH is 1. The van der Waals surface area contributed by atoms with Crippen molar-refractivity contribution >= 4 is 0 Å². The van der Waals surface area contributed by atoms with E-state index in [1.165, 1.54) is 0 Å². The molecule has 0 spiro atoms. The van der Waals surface area contributed by atoms with Crippen LogP contribution in [0.2, 0.25) is 0 Å². The number of aryl methyl sites for hydroxylation is 1. The molecule has 1 saturated heterocycles. The van der Waals surface area contributed by atoms with Crippen LogP contribution < -0.4 is 0 Å². The van der Waals surface area contributed by atoms with Crippen LogP contribution in [0.1, 0.15) is 19.2 Å². The molecule has 1 atom stereocenters. The Labute approximate surface area is 95.0 Å². The van der Waals surface area contributed by atoms with Gasteiger partial charge in [0.15, 0.2) is 6.29 Å². The molecule has 5 nitrogen and oxygen atoms in total. The van der Waals surface area contributed by atoms with Crippen molar-refractivity contribution in [3.8, 4) is 0 Å². The second-order valence-electron chi connectivity index (χ2n) is 3.89. The van der Waals surface area contributed by atoms with Gasteiger partial charge in [-0.25, -0.2) is 4.98 Å². The molecule has 2 heterocycles. The van der Waals surface area contributed by atoms with Gasteiger partial charge in [-0.1, -0.05) is 0 Å². The van der Waals surface area contributed by atoms with Crippen LogP contribution in [0.4, 0.5) is 0 Å². The summed E-state index contributed by atoms with van der Waals surface area (Å²) in [5.74, 6) is 0.910. The van der Waals surface area contributed by atoms with Crippen molar-refractivity contribution in [3.63, 3.8) is 0 Å². The summed E-state index contributed by atoms with van der Waals surface area (Å²) in [6.45, 7) is 4.18. The van der Waals surface area contributed by atoms with Crippen LogP contribution in [0.15, 0.2) is 12.4 Å². The predicted octanol–water partition coefficient (Wildman–Crippen LogP) is 0.569. The Morgan fingerprint density at radius 1 is 1.56 bits per heavy atom. The quantitative estimate of drug-likeness (QED) is 0.797.